The maximum absolute atomic E-state index is 14.1. The Kier molecular flexibility index (Phi) is 10.2. The second-order valence-electron chi connectivity index (χ2n) is 13.7. The smallest absolute Gasteiger partial charge is 0.455 e. The molecule has 0 spiro atoms. The molecule has 3 aromatic carbocycles. The number of phenols is 1. The molecule has 2 saturated heterocycles. The molecule has 0 unspecified atom stereocenters. The van der Waals surface area contributed by atoms with Crippen LogP contribution in [-0.4, -0.2) is 35.2 Å². The molecule has 3 aliphatic rings. The fourth-order valence-corrected chi connectivity index (χ4v) is 8.18. The molecule has 0 aromatic heterocycles. The van der Waals surface area contributed by atoms with E-state index in [4.69, 9.17) is 4.65 Å². The van der Waals surface area contributed by atoms with Gasteiger partial charge in [0.1, 0.15) is 5.75 Å². The van der Waals surface area contributed by atoms with Gasteiger partial charge in [-0.1, -0.05) is 74.2 Å². The molecule has 2 heterocycles. The Morgan fingerprint density at radius 1 is 0.902 bits per heavy atom. The fourth-order valence-electron chi connectivity index (χ4n) is 8.18. The first-order chi connectivity index (χ1) is 24.1. The Hall–Kier alpha value is -4.10. The van der Waals surface area contributed by atoms with Gasteiger partial charge in [0.05, 0.1) is 34.8 Å². The largest absolute Gasteiger partial charge is 0.507 e. The highest BCUT2D eigenvalue weighted by Gasteiger charge is 2.58. The zero-order valence-corrected chi connectivity index (χ0v) is 28.2. The van der Waals surface area contributed by atoms with Crippen molar-refractivity contribution in [3.8, 4) is 5.75 Å². The highest BCUT2D eigenvalue weighted by Crippen LogP contribution is 2.53. The average molecular weight is 714 g/mol. The first kappa shape index (κ1) is 36.7. The number of allylic oxidation sites excluding steroid dienone is 2. The third kappa shape index (κ3) is 7.19. The van der Waals surface area contributed by atoms with Crippen LogP contribution >= 0.6 is 0 Å². The van der Waals surface area contributed by atoms with Crippen molar-refractivity contribution in [1.82, 2.24) is 0 Å². The summed E-state index contributed by atoms with van der Waals surface area (Å²) in [5, 5.41) is 22.9. The summed E-state index contributed by atoms with van der Waals surface area (Å²) >= 11 is 0. The van der Waals surface area contributed by atoms with Crippen LogP contribution in [0, 0.1) is 17.8 Å². The lowest BCUT2D eigenvalue weighted by Gasteiger charge is -2.43. The molecule has 2 N–H and O–H groups in total. The third-order valence-corrected chi connectivity index (χ3v) is 10.3. The second-order valence-corrected chi connectivity index (χ2v) is 13.7. The van der Waals surface area contributed by atoms with Gasteiger partial charge in [-0.3, -0.25) is 9.59 Å². The third-order valence-electron chi connectivity index (χ3n) is 10.3. The van der Waals surface area contributed by atoms with E-state index in [1.54, 1.807) is 6.07 Å². The lowest BCUT2D eigenvalue weighted by atomic mass is 9.58. The predicted octanol–water partition coefficient (Wildman–Crippen LogP) is 9.35. The number of nitrogens with zero attached hydrogens (tertiary/aromatic N) is 1. The van der Waals surface area contributed by atoms with Gasteiger partial charge in [-0.15, -0.1) is 0 Å². The van der Waals surface area contributed by atoms with Crippen molar-refractivity contribution in [2.45, 2.75) is 83.6 Å². The van der Waals surface area contributed by atoms with Crippen molar-refractivity contribution in [2.75, 3.05) is 4.90 Å². The summed E-state index contributed by atoms with van der Waals surface area (Å²) in [4.78, 5) is 28.4. The van der Waals surface area contributed by atoms with E-state index in [2.05, 4.69) is 13.0 Å². The Morgan fingerprint density at radius 2 is 1.57 bits per heavy atom. The topological polar surface area (TPSA) is 87.1 Å². The maximum atomic E-state index is 14.1. The highest BCUT2D eigenvalue weighted by molar-refractivity contribution is 6.43. The number of rotatable bonds is 9. The number of fused-ring (bicyclic) bond motifs is 4. The Labute approximate surface area is 291 Å². The van der Waals surface area contributed by atoms with Crippen LogP contribution in [0.25, 0.3) is 16.8 Å². The van der Waals surface area contributed by atoms with Gasteiger partial charge in [-0.05, 0) is 85.1 Å². The first-order valence-corrected chi connectivity index (χ1v) is 17.2. The molecule has 2 aliphatic heterocycles. The summed E-state index contributed by atoms with van der Waals surface area (Å²) in [5.41, 5.74) is -0.327. The lowest BCUT2D eigenvalue weighted by molar-refractivity contribution is -0.143. The zero-order valence-electron chi connectivity index (χ0n) is 28.2. The number of aromatic hydroxyl groups is 1. The van der Waals surface area contributed by atoms with Crippen molar-refractivity contribution < 1.29 is 50.7 Å². The van der Waals surface area contributed by atoms with Gasteiger partial charge in [0.2, 0.25) is 11.8 Å². The number of imide groups is 1. The van der Waals surface area contributed by atoms with Crippen molar-refractivity contribution >= 4 is 41.5 Å². The van der Waals surface area contributed by atoms with E-state index in [0.29, 0.717) is 42.7 Å². The van der Waals surface area contributed by atoms with Crippen LogP contribution in [0.15, 0.2) is 71.3 Å². The molecule has 6 nitrogen and oxygen atoms in total. The summed E-state index contributed by atoms with van der Waals surface area (Å²) in [6, 6.07) is 11.8. The molecule has 6 rings (SSSR count). The van der Waals surface area contributed by atoms with Crippen LogP contribution in [0.4, 0.5) is 32.0 Å². The molecule has 13 heteroatoms. The number of amides is 2. The summed E-state index contributed by atoms with van der Waals surface area (Å²) in [6.07, 6.45) is -4.94. The minimum absolute atomic E-state index is 0.0363. The van der Waals surface area contributed by atoms with Gasteiger partial charge in [0.25, 0.3) is 0 Å². The van der Waals surface area contributed by atoms with Crippen molar-refractivity contribution in [3.05, 3.63) is 88.0 Å². The molecule has 1 aliphatic carbocycles. The van der Waals surface area contributed by atoms with E-state index in [1.165, 1.54) is 0 Å². The average Bonchev–Trinajstić information content (AvgIpc) is 3.32. The molecule has 270 valence electrons. The first-order valence-electron chi connectivity index (χ1n) is 17.2. The zero-order chi connectivity index (χ0) is 36.8. The van der Waals surface area contributed by atoms with Gasteiger partial charge in [-0.2, -0.15) is 26.3 Å². The molecule has 0 saturated carbocycles. The molecular weight excluding hydrogens is 675 g/mol. The standard InChI is InChI=1S/C38H38BF6NO5/c1-3-7-21(15-22-12-13-31(47)28-10-6-5-9-27(22)28)11-14-32-33-23(8-4-2)16-29-34(30(33)20-39(50)51-32)36(49)46(35(29)48)26-18-24(37(40,41)42)17-25(19-26)38(43,44)45/h5-6,9-10,12-13,15,17-19,29-30,32,34,47,50H,3-4,7-8,11,14,16,20H2,1-2H3/b21-15+/t29-,30+,32-,34-/m1/s1. The summed E-state index contributed by atoms with van der Waals surface area (Å²) < 4.78 is 88.4. The van der Waals surface area contributed by atoms with E-state index in [9.17, 15) is 46.1 Å². The van der Waals surface area contributed by atoms with Gasteiger partial charge in [0.15, 0.2) is 0 Å². The molecule has 4 atom stereocenters. The van der Waals surface area contributed by atoms with Crippen molar-refractivity contribution in [3.63, 3.8) is 0 Å². The van der Waals surface area contributed by atoms with Gasteiger partial charge >= 0.3 is 19.5 Å². The van der Waals surface area contributed by atoms with Crippen molar-refractivity contribution in [1.29, 1.82) is 0 Å². The van der Waals surface area contributed by atoms with Crippen LogP contribution in [-0.2, 0) is 26.6 Å². The fraction of sp³-hybridized carbons (Fsp3) is 0.421. The summed E-state index contributed by atoms with van der Waals surface area (Å²) in [6.45, 7) is 4.00. The molecule has 51 heavy (non-hydrogen) atoms. The maximum Gasteiger partial charge on any atom is 0.455 e. The number of halogens is 6. The summed E-state index contributed by atoms with van der Waals surface area (Å²) in [5.74, 6) is -4.32. The monoisotopic (exact) mass is 713 g/mol. The minimum atomic E-state index is -5.16. The van der Waals surface area contributed by atoms with Crippen molar-refractivity contribution in [2.24, 2.45) is 17.8 Å². The van der Waals surface area contributed by atoms with Gasteiger partial charge in [-0.25, -0.2) is 4.90 Å². The Morgan fingerprint density at radius 3 is 2.20 bits per heavy atom. The number of benzene rings is 3. The Bertz CT molecular complexity index is 1870. The van der Waals surface area contributed by atoms with Crippen LogP contribution in [0.1, 0.15) is 75.5 Å². The molecular formula is C38H38BF6NO5. The van der Waals surface area contributed by atoms with Crippen LogP contribution in [0.5, 0.6) is 5.75 Å². The van der Waals surface area contributed by atoms with E-state index in [1.807, 2.05) is 37.3 Å². The number of hydrogen-bond donors (Lipinski definition) is 2. The predicted molar refractivity (Wildman–Crippen MR) is 181 cm³/mol. The molecule has 3 aromatic rings. The van der Waals surface area contributed by atoms with E-state index < -0.39 is 72.0 Å². The number of carbonyl (C=O) groups excluding carboxylic acids is 2. The normalized spacial score (nSPS) is 23.0. The highest BCUT2D eigenvalue weighted by atomic mass is 19.4. The van der Waals surface area contributed by atoms with Crippen LogP contribution in [0.3, 0.4) is 0 Å². The van der Waals surface area contributed by atoms with Crippen LogP contribution < -0.4 is 4.90 Å². The SMILES string of the molecule is CCCC1=C2[C@@H](CC/C(=C/c3ccc(O)c4ccccc34)CCC)OB(O)C[C@@H]2[C@@H]2C(=O)N(c3cc(C(F)(F)F)cc(C(F)(F)F)c3)C(=O)[C@@H]2C1. The second kappa shape index (κ2) is 14.1. The molecule has 2 amide bonds. The van der Waals surface area contributed by atoms with E-state index in [0.717, 1.165) is 45.9 Å². The van der Waals surface area contributed by atoms with E-state index in [-0.39, 0.29) is 24.6 Å². The van der Waals surface area contributed by atoms with Gasteiger partial charge in [0, 0.05) is 5.39 Å². The number of hydrogen-bond acceptors (Lipinski definition) is 5. The van der Waals surface area contributed by atoms with Gasteiger partial charge < -0.3 is 14.8 Å². The van der Waals surface area contributed by atoms with E-state index >= 15 is 0 Å². The minimum Gasteiger partial charge on any atom is -0.507 e. The molecule has 0 radical (unpaired) electrons. The Balaban J connectivity index is 1.33. The van der Waals surface area contributed by atoms with Crippen LogP contribution in [0.2, 0.25) is 6.32 Å². The number of anilines is 1. The quantitative estimate of drug-likeness (QED) is 0.1000. The lowest BCUT2D eigenvalue weighted by Crippen LogP contribution is -2.46. The molecule has 2 fully saturated rings. The molecule has 0 bridgehead atoms. The number of alkyl halides is 6. The number of carbonyl (C=O) groups is 2. The number of phenolic OH excluding ortho intramolecular Hbond substituents is 1. The summed E-state index contributed by atoms with van der Waals surface area (Å²) in [7, 11) is -1.30.